The highest BCUT2D eigenvalue weighted by molar-refractivity contribution is 7.98. The maximum absolute atomic E-state index is 5.16. The molecule has 0 aliphatic rings. The molecule has 1 heterocycles. The summed E-state index contributed by atoms with van der Waals surface area (Å²) in [7, 11) is 1.68. The first-order chi connectivity index (χ1) is 7.38. The van der Waals surface area contributed by atoms with E-state index in [1.54, 1.807) is 25.1 Å². The summed E-state index contributed by atoms with van der Waals surface area (Å²) in [5.41, 5.74) is 1.23. The van der Waals surface area contributed by atoms with Crippen LogP contribution < -0.4 is 4.74 Å². The highest BCUT2D eigenvalue weighted by Crippen LogP contribution is 2.21. The number of imidazole rings is 1. The van der Waals surface area contributed by atoms with Gasteiger partial charge in [-0.05, 0) is 17.7 Å². The number of nitrogens with zero attached hydrogens (tertiary/aromatic N) is 1. The van der Waals surface area contributed by atoms with Crippen LogP contribution in [0.4, 0.5) is 0 Å². The zero-order chi connectivity index (χ0) is 10.5. The molecule has 0 fully saturated rings. The van der Waals surface area contributed by atoms with E-state index in [9.17, 15) is 0 Å². The Morgan fingerprint density at radius 3 is 3.13 bits per heavy atom. The molecule has 2 rings (SSSR count). The van der Waals surface area contributed by atoms with Crippen molar-refractivity contribution in [2.75, 3.05) is 7.11 Å². The van der Waals surface area contributed by atoms with Gasteiger partial charge in [-0.1, -0.05) is 23.9 Å². The molecule has 0 bridgehead atoms. The summed E-state index contributed by atoms with van der Waals surface area (Å²) in [6.07, 6.45) is 3.59. The molecule has 0 aliphatic heterocycles. The molecule has 0 radical (unpaired) electrons. The molecule has 1 N–H and O–H groups in total. The van der Waals surface area contributed by atoms with Gasteiger partial charge in [0, 0.05) is 18.1 Å². The minimum absolute atomic E-state index is 0.894. The summed E-state index contributed by atoms with van der Waals surface area (Å²) < 4.78 is 5.16. The number of methoxy groups -OCH3 is 1. The molecule has 0 amide bonds. The minimum atomic E-state index is 0.894. The average Bonchev–Trinajstić information content (AvgIpc) is 2.79. The smallest absolute Gasteiger partial charge is 0.165 e. The lowest BCUT2D eigenvalue weighted by Crippen LogP contribution is -1.85. The predicted octanol–water partition coefficient (Wildman–Crippen LogP) is 2.71. The zero-order valence-electron chi connectivity index (χ0n) is 8.43. The third-order valence-electron chi connectivity index (χ3n) is 1.98. The van der Waals surface area contributed by atoms with Crippen molar-refractivity contribution >= 4 is 11.8 Å². The highest BCUT2D eigenvalue weighted by atomic mass is 32.2. The van der Waals surface area contributed by atoms with E-state index in [1.807, 2.05) is 24.4 Å². The first-order valence-corrected chi connectivity index (χ1v) is 5.62. The van der Waals surface area contributed by atoms with Gasteiger partial charge in [0.25, 0.3) is 0 Å². The third kappa shape index (κ3) is 2.76. The largest absolute Gasteiger partial charge is 0.497 e. The number of ether oxygens (including phenoxy) is 1. The van der Waals surface area contributed by atoms with E-state index in [0.717, 1.165) is 16.7 Å². The Bertz CT molecular complexity index is 414. The van der Waals surface area contributed by atoms with Crippen molar-refractivity contribution in [2.24, 2.45) is 0 Å². The molecule has 0 aliphatic carbocycles. The number of nitrogens with one attached hydrogen (secondary N) is 1. The molecule has 0 spiro atoms. The normalized spacial score (nSPS) is 10.2. The number of aromatic nitrogens is 2. The van der Waals surface area contributed by atoms with Crippen LogP contribution in [0.5, 0.6) is 5.75 Å². The van der Waals surface area contributed by atoms with Gasteiger partial charge in [0.05, 0.1) is 7.11 Å². The van der Waals surface area contributed by atoms with Gasteiger partial charge in [0.1, 0.15) is 5.75 Å². The van der Waals surface area contributed by atoms with E-state index >= 15 is 0 Å². The maximum atomic E-state index is 5.16. The fourth-order valence-corrected chi connectivity index (χ4v) is 2.01. The van der Waals surface area contributed by atoms with Gasteiger partial charge < -0.3 is 9.72 Å². The van der Waals surface area contributed by atoms with Crippen LogP contribution in [0.2, 0.25) is 0 Å². The standard InChI is InChI=1S/C11H12N2OS/c1-14-10-4-2-3-9(7-10)8-15-11-12-5-6-13-11/h2-7H,8H2,1H3,(H,12,13). The molecule has 0 atom stereocenters. The number of H-pyrrole nitrogens is 1. The molecule has 0 unspecified atom stereocenters. The quantitative estimate of drug-likeness (QED) is 0.805. The van der Waals surface area contributed by atoms with Gasteiger partial charge in [0.2, 0.25) is 0 Å². The number of hydrogen-bond acceptors (Lipinski definition) is 3. The van der Waals surface area contributed by atoms with E-state index in [1.165, 1.54) is 5.56 Å². The summed E-state index contributed by atoms with van der Waals surface area (Å²) in [6.45, 7) is 0. The second-order valence-electron chi connectivity index (χ2n) is 3.03. The molecule has 1 aromatic heterocycles. The summed E-state index contributed by atoms with van der Waals surface area (Å²) in [5.74, 6) is 1.79. The highest BCUT2D eigenvalue weighted by Gasteiger charge is 1.99. The third-order valence-corrected chi connectivity index (χ3v) is 2.96. The van der Waals surface area contributed by atoms with Gasteiger partial charge in [-0.15, -0.1) is 0 Å². The van der Waals surface area contributed by atoms with Gasteiger partial charge in [-0.3, -0.25) is 0 Å². The number of thioether (sulfide) groups is 1. The van der Waals surface area contributed by atoms with E-state index in [2.05, 4.69) is 16.0 Å². The van der Waals surface area contributed by atoms with Crippen molar-refractivity contribution in [2.45, 2.75) is 10.9 Å². The summed E-state index contributed by atoms with van der Waals surface area (Å²) in [6, 6.07) is 8.06. The lowest BCUT2D eigenvalue weighted by molar-refractivity contribution is 0.414. The van der Waals surface area contributed by atoms with Crippen LogP contribution >= 0.6 is 11.8 Å². The first-order valence-electron chi connectivity index (χ1n) is 4.63. The predicted molar refractivity (Wildman–Crippen MR) is 61.1 cm³/mol. The Labute approximate surface area is 92.9 Å². The van der Waals surface area contributed by atoms with Gasteiger partial charge >= 0.3 is 0 Å². The molecule has 2 aromatic rings. The Morgan fingerprint density at radius 1 is 1.47 bits per heavy atom. The minimum Gasteiger partial charge on any atom is -0.497 e. The van der Waals surface area contributed by atoms with Crippen LogP contribution in [-0.2, 0) is 5.75 Å². The second-order valence-corrected chi connectivity index (χ2v) is 4.00. The van der Waals surface area contributed by atoms with E-state index in [-0.39, 0.29) is 0 Å². The van der Waals surface area contributed by atoms with Crippen LogP contribution in [-0.4, -0.2) is 17.1 Å². The summed E-state index contributed by atoms with van der Waals surface area (Å²) in [4.78, 5) is 7.21. The average molecular weight is 220 g/mol. The van der Waals surface area contributed by atoms with Crippen molar-refractivity contribution in [3.8, 4) is 5.75 Å². The lowest BCUT2D eigenvalue weighted by Gasteiger charge is -2.02. The molecule has 4 heteroatoms. The molecule has 0 saturated carbocycles. The Morgan fingerprint density at radius 2 is 2.40 bits per heavy atom. The SMILES string of the molecule is COc1cccc(CSc2ncc[nH]2)c1. The summed E-state index contributed by atoms with van der Waals surface area (Å²) >= 11 is 1.68. The van der Waals surface area contributed by atoms with Crippen LogP contribution in [0.25, 0.3) is 0 Å². The first kappa shape index (κ1) is 10.1. The monoisotopic (exact) mass is 220 g/mol. The molecular weight excluding hydrogens is 208 g/mol. The molecule has 15 heavy (non-hydrogen) atoms. The number of aromatic amines is 1. The van der Waals surface area contributed by atoms with E-state index < -0.39 is 0 Å². The van der Waals surface area contributed by atoms with Crippen molar-refractivity contribution in [3.63, 3.8) is 0 Å². The Kier molecular flexibility index (Phi) is 3.29. The van der Waals surface area contributed by atoms with Crippen molar-refractivity contribution in [3.05, 3.63) is 42.2 Å². The fourth-order valence-electron chi connectivity index (χ4n) is 1.24. The van der Waals surface area contributed by atoms with E-state index in [0.29, 0.717) is 0 Å². The van der Waals surface area contributed by atoms with Gasteiger partial charge in [0.15, 0.2) is 5.16 Å². The summed E-state index contributed by atoms with van der Waals surface area (Å²) in [5, 5.41) is 0.942. The number of benzene rings is 1. The molecule has 1 aromatic carbocycles. The van der Waals surface area contributed by atoms with Crippen molar-refractivity contribution in [1.82, 2.24) is 9.97 Å². The van der Waals surface area contributed by atoms with Crippen LogP contribution in [0.15, 0.2) is 41.8 Å². The second kappa shape index (κ2) is 4.89. The van der Waals surface area contributed by atoms with Crippen molar-refractivity contribution in [1.29, 1.82) is 0 Å². The maximum Gasteiger partial charge on any atom is 0.165 e. The zero-order valence-corrected chi connectivity index (χ0v) is 9.25. The molecule has 0 saturated heterocycles. The number of hydrogen-bond donors (Lipinski definition) is 1. The van der Waals surface area contributed by atoms with Gasteiger partial charge in [-0.25, -0.2) is 4.98 Å². The Balaban J connectivity index is 1.98. The van der Waals surface area contributed by atoms with Crippen LogP contribution in [0, 0.1) is 0 Å². The molecule has 78 valence electrons. The van der Waals surface area contributed by atoms with Crippen LogP contribution in [0.3, 0.4) is 0 Å². The number of rotatable bonds is 4. The molecular formula is C11H12N2OS. The lowest BCUT2D eigenvalue weighted by atomic mass is 10.2. The molecule has 3 nitrogen and oxygen atoms in total. The Hall–Kier alpha value is -1.42. The topological polar surface area (TPSA) is 37.9 Å². The van der Waals surface area contributed by atoms with Crippen molar-refractivity contribution < 1.29 is 4.74 Å². The van der Waals surface area contributed by atoms with Gasteiger partial charge in [-0.2, -0.15) is 0 Å². The van der Waals surface area contributed by atoms with E-state index in [4.69, 9.17) is 4.74 Å². The fraction of sp³-hybridized carbons (Fsp3) is 0.182. The van der Waals surface area contributed by atoms with Crippen LogP contribution in [0.1, 0.15) is 5.56 Å².